The van der Waals surface area contributed by atoms with Crippen molar-refractivity contribution in [1.29, 1.82) is 5.53 Å². The van der Waals surface area contributed by atoms with E-state index in [-0.39, 0.29) is 6.10 Å². The van der Waals surface area contributed by atoms with E-state index < -0.39 is 6.04 Å². The van der Waals surface area contributed by atoms with Crippen LogP contribution in [0.15, 0.2) is 22.4 Å². The Bertz CT molecular complexity index is 673. The molecule has 1 aliphatic carbocycles. The molecule has 2 heterocycles. The Hall–Kier alpha value is -1.86. The zero-order valence-corrected chi connectivity index (χ0v) is 17.4. The van der Waals surface area contributed by atoms with Crippen LogP contribution in [0.25, 0.3) is 0 Å². The zero-order valence-electron chi connectivity index (χ0n) is 17.4. The number of hydrogen-bond donors (Lipinski definition) is 2. The highest BCUT2D eigenvalue weighted by atomic mass is 16.5. The lowest BCUT2D eigenvalue weighted by molar-refractivity contribution is 0.0533. The summed E-state index contributed by atoms with van der Waals surface area (Å²) in [6.45, 7) is 3.72. The molecular formula is C21H34N6O. The molecule has 0 radical (unpaired) electrons. The number of aryl methyl sites for hydroxylation is 1. The van der Waals surface area contributed by atoms with Crippen molar-refractivity contribution in [2.75, 3.05) is 32.1 Å². The maximum absolute atomic E-state index is 7.59. The Kier molecular flexibility index (Phi) is 7.50. The molecule has 3 atom stereocenters. The quantitative estimate of drug-likeness (QED) is 0.553. The second kappa shape index (κ2) is 10.1. The van der Waals surface area contributed by atoms with Crippen LogP contribution in [0.1, 0.15) is 55.7 Å². The molecule has 28 heavy (non-hydrogen) atoms. The molecule has 1 saturated heterocycles. The van der Waals surface area contributed by atoms with Crippen LogP contribution in [0.2, 0.25) is 0 Å². The molecule has 0 amide bonds. The van der Waals surface area contributed by atoms with Gasteiger partial charge in [0, 0.05) is 57.3 Å². The lowest BCUT2D eigenvalue weighted by Gasteiger charge is -2.41. The SMILES string of the molecule is CN=CC(N=N)c1cc(C)cnc1N1CCC(NC2CCCCC2)C(OC)C1. The van der Waals surface area contributed by atoms with Gasteiger partial charge in [-0.1, -0.05) is 19.3 Å². The molecule has 7 heteroatoms. The van der Waals surface area contributed by atoms with Crippen molar-refractivity contribution in [2.45, 2.75) is 69.7 Å². The summed E-state index contributed by atoms with van der Waals surface area (Å²) in [5, 5.41) is 7.63. The van der Waals surface area contributed by atoms with Gasteiger partial charge in [0.05, 0.1) is 6.10 Å². The first-order valence-electron chi connectivity index (χ1n) is 10.5. The third kappa shape index (κ3) is 4.94. The standard InChI is InChI=1S/C21H34N6O/c1-15-11-17(19(26-22)13-23-2)21(24-12-15)27-10-9-18(20(14-27)28-3)25-16-7-5-4-6-8-16/h11-13,16,18-20,22,25H,4-10,14H2,1-3H3. The fourth-order valence-corrected chi connectivity index (χ4v) is 4.50. The smallest absolute Gasteiger partial charge is 0.134 e. The molecule has 154 valence electrons. The topological polar surface area (TPSA) is 86.0 Å². The number of aliphatic imine (C=N–C) groups is 1. The number of aromatic nitrogens is 1. The summed E-state index contributed by atoms with van der Waals surface area (Å²) in [6, 6.07) is 2.68. The molecule has 1 saturated carbocycles. The van der Waals surface area contributed by atoms with Crippen molar-refractivity contribution in [1.82, 2.24) is 10.3 Å². The van der Waals surface area contributed by atoms with Gasteiger partial charge >= 0.3 is 0 Å². The third-order valence-electron chi connectivity index (χ3n) is 6.00. The van der Waals surface area contributed by atoms with Crippen LogP contribution < -0.4 is 10.2 Å². The molecule has 2 aliphatic rings. The molecule has 7 nitrogen and oxygen atoms in total. The first-order valence-corrected chi connectivity index (χ1v) is 10.5. The van der Waals surface area contributed by atoms with E-state index in [0.717, 1.165) is 36.5 Å². The van der Waals surface area contributed by atoms with Gasteiger partial charge in [0.1, 0.15) is 11.9 Å². The Labute approximate surface area is 168 Å². The van der Waals surface area contributed by atoms with Crippen LogP contribution in [0, 0.1) is 12.5 Å². The van der Waals surface area contributed by atoms with Gasteiger partial charge in [0.25, 0.3) is 0 Å². The molecular weight excluding hydrogens is 352 g/mol. The fourth-order valence-electron chi connectivity index (χ4n) is 4.50. The highest BCUT2D eigenvalue weighted by Crippen LogP contribution is 2.30. The molecule has 2 fully saturated rings. The molecule has 0 spiro atoms. The van der Waals surface area contributed by atoms with Crippen molar-refractivity contribution < 1.29 is 4.74 Å². The van der Waals surface area contributed by atoms with Gasteiger partial charge in [-0.15, -0.1) is 0 Å². The minimum absolute atomic E-state index is 0.123. The average molecular weight is 387 g/mol. The minimum Gasteiger partial charge on any atom is -0.378 e. The van der Waals surface area contributed by atoms with Gasteiger partial charge in [0.15, 0.2) is 0 Å². The van der Waals surface area contributed by atoms with Crippen LogP contribution >= 0.6 is 0 Å². The summed E-state index contributed by atoms with van der Waals surface area (Å²) in [5.74, 6) is 0.893. The summed E-state index contributed by atoms with van der Waals surface area (Å²) in [4.78, 5) is 11.1. The van der Waals surface area contributed by atoms with Gasteiger partial charge in [-0.05, 0) is 37.8 Å². The van der Waals surface area contributed by atoms with Crippen LogP contribution in [0.4, 0.5) is 5.82 Å². The second-order valence-corrected chi connectivity index (χ2v) is 8.02. The Balaban J connectivity index is 1.75. The Morgan fingerprint density at radius 3 is 2.79 bits per heavy atom. The van der Waals surface area contributed by atoms with Crippen molar-refractivity contribution >= 4 is 12.0 Å². The summed E-state index contributed by atoms with van der Waals surface area (Å²) < 4.78 is 5.88. The second-order valence-electron chi connectivity index (χ2n) is 8.02. The van der Waals surface area contributed by atoms with E-state index >= 15 is 0 Å². The van der Waals surface area contributed by atoms with Crippen molar-refractivity contribution in [2.24, 2.45) is 10.1 Å². The van der Waals surface area contributed by atoms with E-state index in [1.54, 1.807) is 20.4 Å². The first kappa shape index (κ1) is 20.9. The summed E-state index contributed by atoms with van der Waals surface area (Å²) in [5.41, 5.74) is 9.59. The summed E-state index contributed by atoms with van der Waals surface area (Å²) in [7, 11) is 3.52. The molecule has 1 aliphatic heterocycles. The molecule has 0 aromatic carbocycles. The number of anilines is 1. The van der Waals surface area contributed by atoms with Crippen LogP contribution in [0.3, 0.4) is 0 Å². The van der Waals surface area contributed by atoms with Gasteiger partial charge in [-0.2, -0.15) is 5.11 Å². The number of piperidine rings is 1. The third-order valence-corrected chi connectivity index (χ3v) is 6.00. The summed E-state index contributed by atoms with van der Waals surface area (Å²) >= 11 is 0. The lowest BCUT2D eigenvalue weighted by Crippen LogP contribution is -2.56. The fraction of sp³-hybridized carbons (Fsp3) is 0.714. The molecule has 2 N–H and O–H groups in total. The van der Waals surface area contributed by atoms with Crippen molar-refractivity contribution in [3.8, 4) is 0 Å². The number of hydrogen-bond acceptors (Lipinski definition) is 7. The molecule has 1 aromatic rings. The summed E-state index contributed by atoms with van der Waals surface area (Å²) in [6.07, 6.45) is 11.3. The van der Waals surface area contributed by atoms with E-state index in [2.05, 4.69) is 26.4 Å². The maximum Gasteiger partial charge on any atom is 0.134 e. The van der Waals surface area contributed by atoms with E-state index in [1.807, 2.05) is 13.1 Å². The van der Waals surface area contributed by atoms with E-state index in [9.17, 15) is 0 Å². The zero-order chi connectivity index (χ0) is 19.9. The normalized spacial score (nSPS) is 25.2. The Morgan fingerprint density at radius 2 is 2.11 bits per heavy atom. The van der Waals surface area contributed by atoms with Crippen molar-refractivity contribution in [3.63, 3.8) is 0 Å². The highest BCUT2D eigenvalue weighted by molar-refractivity contribution is 5.71. The minimum atomic E-state index is -0.397. The number of nitrogens with zero attached hydrogens (tertiary/aromatic N) is 4. The number of pyridine rings is 1. The molecule has 0 bridgehead atoms. The van der Waals surface area contributed by atoms with Crippen LogP contribution in [0.5, 0.6) is 0 Å². The Morgan fingerprint density at radius 1 is 1.32 bits per heavy atom. The monoisotopic (exact) mass is 386 g/mol. The largest absolute Gasteiger partial charge is 0.378 e. The molecule has 3 rings (SSSR count). The van der Waals surface area contributed by atoms with Crippen LogP contribution in [-0.2, 0) is 4.74 Å². The number of rotatable bonds is 7. The van der Waals surface area contributed by atoms with Crippen molar-refractivity contribution in [3.05, 3.63) is 23.4 Å². The lowest BCUT2D eigenvalue weighted by atomic mass is 9.92. The van der Waals surface area contributed by atoms with Gasteiger partial charge in [0.2, 0.25) is 0 Å². The van der Waals surface area contributed by atoms with Crippen LogP contribution in [-0.4, -0.2) is 56.6 Å². The predicted octanol–water partition coefficient (Wildman–Crippen LogP) is 3.68. The number of methoxy groups -OCH3 is 1. The highest BCUT2D eigenvalue weighted by Gasteiger charge is 2.33. The van der Waals surface area contributed by atoms with E-state index in [0.29, 0.717) is 12.1 Å². The number of nitrogens with one attached hydrogen (secondary N) is 2. The maximum atomic E-state index is 7.59. The van der Waals surface area contributed by atoms with Gasteiger partial charge in [-0.25, -0.2) is 10.5 Å². The van der Waals surface area contributed by atoms with E-state index in [4.69, 9.17) is 15.3 Å². The average Bonchev–Trinajstić information content (AvgIpc) is 2.73. The first-order chi connectivity index (χ1) is 13.7. The number of ether oxygens (including phenoxy) is 1. The van der Waals surface area contributed by atoms with Gasteiger partial charge in [-0.3, -0.25) is 4.99 Å². The molecule has 3 unspecified atom stereocenters. The van der Waals surface area contributed by atoms with E-state index in [1.165, 1.54) is 32.1 Å². The predicted molar refractivity (Wildman–Crippen MR) is 113 cm³/mol. The van der Waals surface area contributed by atoms with Gasteiger partial charge < -0.3 is 15.0 Å². The molecule has 1 aromatic heterocycles.